The molecule has 18 nitrogen and oxygen atoms in total. The molecule has 61 heavy (non-hydrogen) atoms. The van der Waals surface area contributed by atoms with Gasteiger partial charge in [0.1, 0.15) is 54.2 Å². The Balaban J connectivity index is 1.11. The first-order valence-electron chi connectivity index (χ1n) is 19.0. The Labute approximate surface area is 347 Å². The minimum absolute atomic E-state index is 0.0132. The van der Waals surface area contributed by atoms with Crippen molar-refractivity contribution in [2.24, 2.45) is 0 Å². The van der Waals surface area contributed by atoms with E-state index >= 15 is 0 Å². The number of carboxylic acids is 2. The predicted molar refractivity (Wildman–Crippen MR) is 212 cm³/mol. The molecule has 0 fully saturated rings. The van der Waals surface area contributed by atoms with E-state index in [1.165, 1.54) is 59.8 Å². The molecule has 4 heterocycles. The monoisotopic (exact) mass is 846 g/mol. The molecule has 1 amide bonds. The van der Waals surface area contributed by atoms with Crippen molar-refractivity contribution in [2.45, 2.75) is 59.0 Å². The number of benzene rings is 2. The number of halogens is 2. The number of carbonyl (C=O) groups is 3. The van der Waals surface area contributed by atoms with Crippen LogP contribution >= 0.6 is 0 Å². The summed E-state index contributed by atoms with van der Waals surface area (Å²) >= 11 is 0. The molecule has 0 bridgehead atoms. The molecule has 4 aromatic heterocycles. The molecule has 0 radical (unpaired) electrons. The van der Waals surface area contributed by atoms with Crippen LogP contribution in [0.5, 0.6) is 23.3 Å². The van der Waals surface area contributed by atoms with Gasteiger partial charge in [0.05, 0.1) is 18.9 Å². The Morgan fingerprint density at radius 1 is 0.787 bits per heavy atom. The van der Waals surface area contributed by atoms with Gasteiger partial charge in [-0.25, -0.2) is 42.2 Å². The van der Waals surface area contributed by atoms with Gasteiger partial charge in [0.2, 0.25) is 11.8 Å². The predicted octanol–water partition coefficient (Wildman–Crippen LogP) is 6.14. The summed E-state index contributed by atoms with van der Waals surface area (Å²) < 4.78 is 60.7. The maximum absolute atomic E-state index is 14.5. The van der Waals surface area contributed by atoms with Crippen LogP contribution in [-0.4, -0.2) is 101 Å². The Morgan fingerprint density at radius 3 is 1.98 bits per heavy atom. The van der Waals surface area contributed by atoms with Crippen molar-refractivity contribution in [3.8, 4) is 23.3 Å². The number of aromatic carboxylic acids is 2. The fraction of sp³-hybridized carbons (Fsp3) is 0.341. The summed E-state index contributed by atoms with van der Waals surface area (Å²) in [6.07, 6.45) is 0.220. The van der Waals surface area contributed by atoms with E-state index in [1.807, 2.05) is 0 Å². The van der Waals surface area contributed by atoms with Crippen LogP contribution in [0.4, 0.5) is 13.6 Å². The molecule has 2 atom stereocenters. The van der Waals surface area contributed by atoms with Gasteiger partial charge >= 0.3 is 18.0 Å². The molecule has 6 rings (SSSR count). The van der Waals surface area contributed by atoms with Gasteiger partial charge in [0, 0.05) is 49.0 Å². The maximum atomic E-state index is 14.5. The van der Waals surface area contributed by atoms with Crippen LogP contribution in [0.25, 0.3) is 11.3 Å². The average molecular weight is 847 g/mol. The number of aromatic nitrogens is 6. The number of nitrogens with one attached hydrogen (secondary N) is 1. The smallest absolute Gasteiger partial charge is 0.410 e. The van der Waals surface area contributed by atoms with E-state index in [0.717, 1.165) is 9.03 Å². The topological polar surface area (TPSA) is 213 Å². The van der Waals surface area contributed by atoms with Crippen LogP contribution in [0.1, 0.15) is 84.5 Å². The molecule has 0 saturated heterocycles. The van der Waals surface area contributed by atoms with Gasteiger partial charge in [-0.05, 0) is 77.1 Å². The second-order valence-corrected chi connectivity index (χ2v) is 14.7. The van der Waals surface area contributed by atoms with Gasteiger partial charge in [0.25, 0.3) is 0 Å². The molecule has 0 spiro atoms. The van der Waals surface area contributed by atoms with E-state index in [2.05, 4.69) is 25.5 Å². The van der Waals surface area contributed by atoms with Crippen LogP contribution < -0.4 is 24.3 Å². The summed E-state index contributed by atoms with van der Waals surface area (Å²) in [7, 11) is 1.57. The summed E-state index contributed by atoms with van der Waals surface area (Å²) in [6.45, 7) is 9.39. The van der Waals surface area contributed by atoms with Crippen molar-refractivity contribution in [2.75, 3.05) is 33.4 Å². The highest BCUT2D eigenvalue weighted by molar-refractivity contribution is 5.87. The van der Waals surface area contributed by atoms with Crippen LogP contribution in [-0.2, 0) is 11.3 Å². The van der Waals surface area contributed by atoms with Crippen molar-refractivity contribution in [1.29, 1.82) is 0 Å². The minimum Gasteiger partial charge on any atom is -0.492 e. The second kappa shape index (κ2) is 18.4. The van der Waals surface area contributed by atoms with Gasteiger partial charge in [-0.1, -0.05) is 0 Å². The Kier molecular flexibility index (Phi) is 13.2. The summed E-state index contributed by atoms with van der Waals surface area (Å²) in [6, 6.07) is 12.6. The summed E-state index contributed by atoms with van der Waals surface area (Å²) in [5.41, 5.74) is 0.742. The first kappa shape index (κ1) is 43.5. The molecular formula is C41H44F2N8O10. The molecule has 2 unspecified atom stereocenters. The fourth-order valence-electron chi connectivity index (χ4n) is 6.01. The number of likely N-dealkylation sites (N-methyl/N-ethyl adjacent to an activating group) is 1. The Bertz CT molecular complexity index is 2560. The molecule has 3 N–H and O–H groups in total. The number of fused-ring (bicyclic) bond motifs is 2. The molecular weight excluding hydrogens is 802 g/mol. The number of amides is 1. The maximum Gasteiger partial charge on any atom is 0.410 e. The number of nitrogens with zero attached hydrogens (tertiary/aromatic N) is 7. The quantitative estimate of drug-likeness (QED) is 0.0829. The number of ether oxygens (including phenoxy) is 5. The zero-order valence-corrected chi connectivity index (χ0v) is 34.1. The van der Waals surface area contributed by atoms with E-state index < -0.39 is 47.5 Å². The number of hydrogen-bond donors (Lipinski definition) is 3. The lowest BCUT2D eigenvalue weighted by atomic mass is 10.1. The highest BCUT2D eigenvalue weighted by atomic mass is 19.1. The van der Waals surface area contributed by atoms with Crippen molar-refractivity contribution in [3.63, 3.8) is 0 Å². The summed E-state index contributed by atoms with van der Waals surface area (Å²) in [5, 5.41) is 31.1. The summed E-state index contributed by atoms with van der Waals surface area (Å²) in [5.74, 6) is -2.84. The third-order valence-corrected chi connectivity index (χ3v) is 8.95. The molecule has 20 heteroatoms. The van der Waals surface area contributed by atoms with Crippen molar-refractivity contribution >= 4 is 29.3 Å². The van der Waals surface area contributed by atoms with Gasteiger partial charge in [-0.2, -0.15) is 0 Å². The zero-order chi connectivity index (χ0) is 44.0. The highest BCUT2D eigenvalue weighted by Crippen LogP contribution is 2.32. The van der Waals surface area contributed by atoms with Crippen LogP contribution in [0.3, 0.4) is 0 Å². The number of rotatable bonds is 18. The van der Waals surface area contributed by atoms with Gasteiger partial charge in [-0.15, -0.1) is 10.2 Å². The van der Waals surface area contributed by atoms with E-state index in [9.17, 15) is 33.4 Å². The molecule has 6 aromatic rings. The van der Waals surface area contributed by atoms with Crippen LogP contribution in [0.15, 0.2) is 67.0 Å². The zero-order valence-electron chi connectivity index (χ0n) is 34.1. The third kappa shape index (κ3) is 10.8. The van der Waals surface area contributed by atoms with Crippen molar-refractivity contribution in [3.05, 3.63) is 107 Å². The van der Waals surface area contributed by atoms with E-state index in [1.54, 1.807) is 53.8 Å². The summed E-state index contributed by atoms with van der Waals surface area (Å²) in [4.78, 5) is 45.7. The highest BCUT2D eigenvalue weighted by Gasteiger charge is 2.23. The molecule has 0 aliphatic rings. The molecule has 0 aliphatic carbocycles. The fourth-order valence-corrected chi connectivity index (χ4v) is 6.01. The van der Waals surface area contributed by atoms with E-state index in [-0.39, 0.29) is 61.6 Å². The lowest BCUT2D eigenvalue weighted by molar-refractivity contribution is 0.0277. The van der Waals surface area contributed by atoms with Gasteiger partial charge in [0.15, 0.2) is 22.7 Å². The van der Waals surface area contributed by atoms with Gasteiger partial charge in [-0.3, -0.25) is 0 Å². The Morgan fingerprint density at radius 2 is 1.36 bits per heavy atom. The largest absolute Gasteiger partial charge is 0.492 e. The van der Waals surface area contributed by atoms with Gasteiger partial charge < -0.3 is 44.1 Å². The van der Waals surface area contributed by atoms with E-state index in [0.29, 0.717) is 33.8 Å². The number of imidazole rings is 2. The lowest BCUT2D eigenvalue weighted by Crippen LogP contribution is -2.36. The third-order valence-electron chi connectivity index (χ3n) is 8.95. The first-order chi connectivity index (χ1) is 29.0. The van der Waals surface area contributed by atoms with E-state index in [4.69, 9.17) is 23.7 Å². The molecule has 322 valence electrons. The van der Waals surface area contributed by atoms with Crippen molar-refractivity contribution in [1.82, 2.24) is 39.4 Å². The standard InChI is InChI=1S/C41H44F2N8O10/c1-23(59-35-12-11-34-45-21-30(38(52)53)50(34)47-35)28-18-26(42)7-9-32(28)57-15-13-44-20-25-17-36(48-51-31(39(54)55)22-46-37(25)51)60-24(2)29-19-27(43)8-10-33(29)58-16-14-49(6)40(56)61-41(3,4)5/h7-12,17-19,21-24,44H,13-16,20H2,1-6H3,(H,52,53)(H,54,55). The van der Waals surface area contributed by atoms with Crippen molar-refractivity contribution < 1.29 is 57.1 Å². The lowest BCUT2D eigenvalue weighted by Gasteiger charge is -2.25. The van der Waals surface area contributed by atoms with Crippen LogP contribution in [0, 0.1) is 11.6 Å². The molecule has 0 saturated carbocycles. The second-order valence-electron chi connectivity index (χ2n) is 14.7. The van der Waals surface area contributed by atoms with Crippen LogP contribution in [0.2, 0.25) is 0 Å². The number of hydrogen-bond acceptors (Lipinski definition) is 13. The SMILES string of the molecule is CC(Oc1ccc2ncc(C(=O)O)n2n1)c1cc(F)ccc1OCCNCc1cc(OC(C)c2cc(F)ccc2OCCN(C)C(=O)OC(C)(C)C)nn2c(C(=O)O)cnc12. The average Bonchev–Trinajstić information content (AvgIpc) is 3.83. The minimum atomic E-state index is -1.27. The number of carboxylic acid groups (broad SMARTS) is 2. The number of carbonyl (C=O) groups excluding carboxylic acids is 1. The first-order valence-corrected chi connectivity index (χ1v) is 19.0. The Hall–Kier alpha value is -7.09. The molecule has 0 aliphatic heterocycles. The normalized spacial score (nSPS) is 12.5. The molecule has 2 aromatic carbocycles.